The van der Waals surface area contributed by atoms with Crippen molar-refractivity contribution in [2.24, 2.45) is 0 Å². The molecule has 0 fully saturated rings. The van der Waals surface area contributed by atoms with Crippen LogP contribution in [-0.4, -0.2) is 36.0 Å². The summed E-state index contributed by atoms with van der Waals surface area (Å²) in [6.45, 7) is 3.43. The molecule has 5 aromatic rings. The van der Waals surface area contributed by atoms with Crippen molar-refractivity contribution in [3.8, 4) is 39.0 Å². The Hall–Kier alpha value is -1.80. The van der Waals surface area contributed by atoms with Gasteiger partial charge in [-0.15, -0.1) is 56.7 Å². The number of halogens is 20. The van der Waals surface area contributed by atoms with Crippen LogP contribution in [-0.2, 0) is 24.7 Å². The van der Waals surface area contributed by atoms with Crippen molar-refractivity contribution in [3.05, 3.63) is 66.2 Å². The number of rotatable bonds is 16. The van der Waals surface area contributed by atoms with Crippen molar-refractivity contribution in [3.63, 3.8) is 0 Å². The maximum Gasteiger partial charge on any atom is 0.460 e. The molecule has 5 heterocycles. The second-order valence-electron chi connectivity index (χ2n) is 13.3. The molecule has 0 aliphatic heterocycles. The van der Waals surface area contributed by atoms with Gasteiger partial charge in [-0.3, -0.25) is 0 Å². The van der Waals surface area contributed by atoms with E-state index in [0.29, 0.717) is 94.5 Å². The third-order valence-corrected chi connectivity index (χ3v) is 16.7. The van der Waals surface area contributed by atoms with Crippen molar-refractivity contribution in [1.29, 1.82) is 0 Å². The summed E-state index contributed by atoms with van der Waals surface area (Å²) in [4.78, 5) is -3.15. The maximum atomic E-state index is 15.9. The first-order valence-corrected chi connectivity index (χ1v) is 22.8. The van der Waals surface area contributed by atoms with E-state index in [9.17, 15) is 43.9 Å². The number of hydrogen-bond donors (Lipinski definition) is 0. The minimum atomic E-state index is -7.25. The molecule has 338 valence electrons. The van der Waals surface area contributed by atoms with E-state index in [-0.39, 0.29) is 60.8 Å². The normalized spacial score (nSPS) is 14.1. The molecule has 0 radical (unpaired) electrons. The van der Waals surface area contributed by atoms with Crippen LogP contribution in [0.5, 0.6) is 0 Å². The van der Waals surface area contributed by atoms with E-state index < -0.39 is 68.8 Å². The monoisotopic (exact) mass is 1120 g/mol. The Labute approximate surface area is 370 Å². The van der Waals surface area contributed by atoms with Gasteiger partial charge in [-0.2, -0.15) is 79.0 Å². The Bertz CT molecular complexity index is 2180. The second-order valence-corrected chi connectivity index (χ2v) is 21.3. The van der Waals surface area contributed by atoms with E-state index in [1.54, 1.807) is 13.8 Å². The first kappa shape index (κ1) is 50.2. The molecule has 0 aromatic carbocycles. The minimum Gasteiger partial charge on any atom is -0.194 e. The van der Waals surface area contributed by atoms with Gasteiger partial charge in [0.05, 0.1) is 17.3 Å². The van der Waals surface area contributed by atoms with Crippen LogP contribution < -0.4 is 0 Å². The Morgan fingerprint density at radius 1 is 0.410 bits per heavy atom. The lowest BCUT2D eigenvalue weighted by Gasteiger charge is -2.33. The molecule has 0 nitrogen and oxygen atoms in total. The van der Waals surface area contributed by atoms with Gasteiger partial charge in [0, 0.05) is 40.4 Å². The standard InChI is InChI=1S/C36H24Br2F18S5/c1-3-5-7-15-16(8-6-4-2)26(22-14-18(28(60-22)20-10-12-24(38)58-20)30(41,42)32(45,46)34(49,50)36(54,55)56)61-25(15)21-13-17(27(59-21)19-9-11-23(37)57-19)29(39,40)31(43,44)33(47,48)35(51,52)53/h9-14H,3-8H2,1-2H3. The largest absolute Gasteiger partial charge is 0.460 e. The topological polar surface area (TPSA) is 0 Å². The third-order valence-electron chi connectivity index (χ3n) is 9.15. The molecule has 0 aliphatic rings. The lowest BCUT2D eigenvalue weighted by atomic mass is 9.94. The summed E-state index contributed by atoms with van der Waals surface area (Å²) in [7, 11) is 0. The smallest absolute Gasteiger partial charge is 0.194 e. The van der Waals surface area contributed by atoms with Crippen molar-refractivity contribution in [1.82, 2.24) is 0 Å². The zero-order valence-electron chi connectivity index (χ0n) is 30.3. The van der Waals surface area contributed by atoms with E-state index >= 15 is 35.1 Å². The highest BCUT2D eigenvalue weighted by atomic mass is 79.9. The van der Waals surface area contributed by atoms with E-state index in [1.807, 2.05) is 0 Å². The molecule has 0 N–H and O–H groups in total. The summed E-state index contributed by atoms with van der Waals surface area (Å²) < 4.78 is 260. The van der Waals surface area contributed by atoms with Crippen LogP contribution in [0.15, 0.2) is 44.0 Å². The van der Waals surface area contributed by atoms with Gasteiger partial charge in [0.25, 0.3) is 0 Å². The second kappa shape index (κ2) is 17.2. The summed E-state index contributed by atoms with van der Waals surface area (Å²) >= 11 is 8.56. The van der Waals surface area contributed by atoms with Crippen LogP contribution in [0.4, 0.5) is 79.0 Å². The molecule has 5 aromatic heterocycles. The summed E-state index contributed by atoms with van der Waals surface area (Å²) in [5.74, 6) is -41.0. The lowest BCUT2D eigenvalue weighted by molar-refractivity contribution is -0.399. The zero-order chi connectivity index (χ0) is 46.1. The van der Waals surface area contributed by atoms with E-state index in [4.69, 9.17) is 0 Å². The van der Waals surface area contributed by atoms with Gasteiger partial charge in [-0.1, -0.05) is 26.7 Å². The SMILES string of the molecule is CCCCc1c(-c2cc(C(F)(F)C(F)(F)C(F)(F)C(F)(F)F)c(-c3ccc(Br)s3)s2)sc(-c2cc(C(F)(F)C(F)(F)C(F)(F)C(F)(F)F)c(-c3ccc(Br)s3)s2)c1CCCC. The molecular formula is C36H24Br2F18S5. The first-order chi connectivity index (χ1) is 27.8. The summed E-state index contributed by atoms with van der Waals surface area (Å²) in [5, 5.41) is 0. The van der Waals surface area contributed by atoms with Crippen LogP contribution >= 0.6 is 88.5 Å². The van der Waals surface area contributed by atoms with Gasteiger partial charge in [0.15, 0.2) is 0 Å². The summed E-state index contributed by atoms with van der Waals surface area (Å²) in [6.07, 6.45) is -12.7. The highest BCUT2D eigenvalue weighted by Crippen LogP contribution is 2.63. The zero-order valence-corrected chi connectivity index (χ0v) is 37.6. The Balaban J connectivity index is 1.85. The minimum absolute atomic E-state index is 0.0300. The molecule has 0 amide bonds. The number of thiophene rings is 5. The molecule has 0 aliphatic carbocycles. The molecule has 61 heavy (non-hydrogen) atoms. The van der Waals surface area contributed by atoms with Gasteiger partial charge < -0.3 is 0 Å². The molecule has 0 saturated heterocycles. The molecule has 0 bridgehead atoms. The van der Waals surface area contributed by atoms with E-state index in [0.717, 1.165) is 12.1 Å². The summed E-state index contributed by atoms with van der Waals surface area (Å²) in [5.41, 5.74) is -3.35. The first-order valence-electron chi connectivity index (χ1n) is 17.2. The van der Waals surface area contributed by atoms with Gasteiger partial charge >= 0.3 is 47.9 Å². The Morgan fingerprint density at radius 3 is 1.00 bits per heavy atom. The number of hydrogen-bond acceptors (Lipinski definition) is 5. The molecular weight excluding hydrogens is 1090 g/mol. The van der Waals surface area contributed by atoms with Gasteiger partial charge in [0.2, 0.25) is 0 Å². The quantitative estimate of drug-likeness (QED) is 0.0864. The Kier molecular flexibility index (Phi) is 14.2. The molecule has 0 spiro atoms. The Morgan fingerprint density at radius 2 is 0.738 bits per heavy atom. The van der Waals surface area contributed by atoms with Gasteiger partial charge in [-0.05, 0) is 105 Å². The highest BCUT2D eigenvalue weighted by Gasteiger charge is 2.83. The molecule has 5 rings (SSSR count). The molecule has 0 atom stereocenters. The van der Waals surface area contributed by atoms with Crippen molar-refractivity contribution in [2.75, 3.05) is 0 Å². The average Bonchev–Trinajstić information content (AvgIpc) is 3.98. The fourth-order valence-corrected chi connectivity index (χ4v) is 13.0. The van der Waals surface area contributed by atoms with Crippen LogP contribution in [0.2, 0.25) is 0 Å². The fraction of sp³-hybridized carbons (Fsp3) is 0.444. The molecule has 0 saturated carbocycles. The summed E-state index contributed by atoms with van der Waals surface area (Å²) in [6, 6.07) is 5.33. The van der Waals surface area contributed by atoms with Gasteiger partial charge in [-0.25, -0.2) is 0 Å². The molecule has 25 heteroatoms. The van der Waals surface area contributed by atoms with Crippen molar-refractivity contribution < 1.29 is 79.0 Å². The van der Waals surface area contributed by atoms with E-state index in [2.05, 4.69) is 31.9 Å². The average molecular weight is 1120 g/mol. The van der Waals surface area contributed by atoms with E-state index in [1.165, 1.54) is 12.1 Å². The number of alkyl halides is 18. The fourth-order valence-electron chi connectivity index (χ4n) is 5.93. The molecule has 0 unspecified atom stereocenters. The maximum absolute atomic E-state index is 15.9. The predicted molar refractivity (Wildman–Crippen MR) is 210 cm³/mol. The highest BCUT2D eigenvalue weighted by molar-refractivity contribution is 9.11. The third kappa shape index (κ3) is 8.60. The van der Waals surface area contributed by atoms with Crippen molar-refractivity contribution in [2.45, 2.75) is 100 Å². The predicted octanol–water partition coefficient (Wildman–Crippen LogP) is 18.7. The number of unbranched alkanes of at least 4 members (excludes halogenated alkanes) is 2. The van der Waals surface area contributed by atoms with Gasteiger partial charge in [0.1, 0.15) is 0 Å². The van der Waals surface area contributed by atoms with Crippen LogP contribution in [0.1, 0.15) is 61.8 Å². The lowest BCUT2D eigenvalue weighted by Crippen LogP contribution is -2.59. The van der Waals surface area contributed by atoms with Crippen LogP contribution in [0.25, 0.3) is 39.0 Å². The van der Waals surface area contributed by atoms with Crippen molar-refractivity contribution >= 4 is 88.5 Å². The van der Waals surface area contributed by atoms with Crippen LogP contribution in [0.3, 0.4) is 0 Å². The van der Waals surface area contributed by atoms with Crippen LogP contribution in [0, 0.1) is 0 Å².